The van der Waals surface area contributed by atoms with Gasteiger partial charge in [-0.15, -0.1) is 0 Å². The number of rotatable bonds is 0. The van der Waals surface area contributed by atoms with E-state index in [0.717, 1.165) is 6.42 Å². The van der Waals surface area contributed by atoms with Crippen LogP contribution in [0.3, 0.4) is 0 Å². The van der Waals surface area contributed by atoms with E-state index < -0.39 is 0 Å². The van der Waals surface area contributed by atoms with Crippen LogP contribution in [0.1, 0.15) is 150 Å². The van der Waals surface area contributed by atoms with Gasteiger partial charge >= 0.3 is 0 Å². The number of benzene rings is 5. The van der Waals surface area contributed by atoms with Crippen LogP contribution in [0, 0.1) is 34.5 Å². The lowest BCUT2D eigenvalue weighted by Crippen LogP contribution is -2.35. The molecule has 0 N–H and O–H groups in total. The minimum absolute atomic E-state index is 0.127. The van der Waals surface area contributed by atoms with Gasteiger partial charge in [0.15, 0.2) is 0 Å². The molecule has 228 valence electrons. The smallest absolute Gasteiger partial charge is 0.0362 e. The maximum absolute atomic E-state index is 3.95. The highest BCUT2D eigenvalue weighted by Crippen LogP contribution is 2.63. The van der Waals surface area contributed by atoms with E-state index in [2.05, 4.69) is 162 Å². The van der Waals surface area contributed by atoms with Gasteiger partial charge in [-0.25, -0.2) is 0 Å². The van der Waals surface area contributed by atoms with E-state index >= 15 is 0 Å². The Balaban J connectivity index is 1.48. The average Bonchev–Trinajstić information content (AvgIpc) is 3.06. The van der Waals surface area contributed by atoms with Gasteiger partial charge in [-0.1, -0.05) is 142 Å². The molecule has 0 heterocycles. The number of hydrogen-bond donors (Lipinski definition) is 0. The van der Waals surface area contributed by atoms with E-state index in [-0.39, 0.29) is 34.5 Å². The van der Waals surface area contributed by atoms with Crippen molar-refractivity contribution in [2.24, 2.45) is 10.8 Å². The SMILES string of the molecule is CC(C)(C)C#Cc1c2c(c(C#CCC(C)(C)C)c3c1C1c4ccccc4C3c3ccccc31)C1c3ccccc3C2c2ccccc21. The van der Waals surface area contributed by atoms with Crippen LogP contribution in [0.4, 0.5) is 0 Å². The zero-order valence-electron chi connectivity index (χ0n) is 28.3. The standard InChI is InChI=1S/C47H40/c1-46(2,3)26-15-24-36-42-38-28-16-7-11-20-32(28)40(33-21-12-8-17-29(33)38)44(42)37(25-27-47(4,5)6)45-41-34-22-13-9-18-30(34)39(43(36)45)31-19-10-14-23-35(31)41/h7-14,16-23,38-41H,26H2,1-6H3. The Kier molecular flexibility index (Phi) is 5.97. The Morgan fingerprint density at radius 3 is 0.957 bits per heavy atom. The van der Waals surface area contributed by atoms with Crippen molar-refractivity contribution in [1.29, 1.82) is 0 Å². The minimum atomic E-state index is -0.127. The van der Waals surface area contributed by atoms with Crippen LogP contribution in [0.15, 0.2) is 97.1 Å². The maximum Gasteiger partial charge on any atom is 0.0362 e. The summed E-state index contributed by atoms with van der Waals surface area (Å²) in [6, 6.07) is 36.7. The second-order valence-electron chi connectivity index (χ2n) is 16.2. The second kappa shape index (κ2) is 9.86. The highest BCUT2D eigenvalue weighted by atomic mass is 14.5. The summed E-state index contributed by atoms with van der Waals surface area (Å²) < 4.78 is 0. The monoisotopic (exact) mass is 604 g/mol. The van der Waals surface area contributed by atoms with Crippen LogP contribution in [-0.2, 0) is 0 Å². The lowest BCUT2D eigenvalue weighted by Gasteiger charge is -2.48. The van der Waals surface area contributed by atoms with Crippen LogP contribution < -0.4 is 0 Å². The van der Waals surface area contributed by atoms with Crippen molar-refractivity contribution < 1.29 is 0 Å². The molecule has 5 aromatic rings. The Hall–Kier alpha value is -4.78. The van der Waals surface area contributed by atoms with Gasteiger partial charge < -0.3 is 0 Å². The molecule has 0 amide bonds. The van der Waals surface area contributed by atoms with Crippen LogP contribution in [0.2, 0.25) is 0 Å². The van der Waals surface area contributed by atoms with Crippen LogP contribution in [0.5, 0.6) is 0 Å². The molecule has 47 heavy (non-hydrogen) atoms. The largest absolute Gasteiger partial charge is 0.0973 e. The van der Waals surface area contributed by atoms with Crippen molar-refractivity contribution in [2.75, 3.05) is 0 Å². The third kappa shape index (κ3) is 4.11. The molecule has 0 aliphatic heterocycles. The molecule has 11 rings (SSSR count). The molecular weight excluding hydrogens is 565 g/mol. The molecule has 0 aromatic heterocycles. The highest BCUT2D eigenvalue weighted by Gasteiger charge is 2.50. The summed E-state index contributed by atoms with van der Waals surface area (Å²) in [5, 5.41) is 0. The first-order valence-corrected chi connectivity index (χ1v) is 17.2. The molecule has 0 nitrogen and oxygen atoms in total. The van der Waals surface area contributed by atoms with Crippen molar-refractivity contribution in [1.82, 2.24) is 0 Å². The molecule has 0 atom stereocenters. The van der Waals surface area contributed by atoms with Gasteiger partial charge in [0.05, 0.1) is 0 Å². The second-order valence-corrected chi connectivity index (χ2v) is 16.2. The zero-order chi connectivity index (χ0) is 32.2. The zero-order valence-corrected chi connectivity index (χ0v) is 28.3. The molecule has 6 aliphatic carbocycles. The van der Waals surface area contributed by atoms with Crippen LogP contribution in [-0.4, -0.2) is 0 Å². The van der Waals surface area contributed by atoms with Crippen molar-refractivity contribution in [2.45, 2.75) is 71.6 Å². The van der Waals surface area contributed by atoms with E-state index in [1.807, 2.05) is 0 Å². The summed E-state index contributed by atoms with van der Waals surface area (Å²) in [4.78, 5) is 0. The topological polar surface area (TPSA) is 0 Å². The normalized spacial score (nSPS) is 20.3. The first kappa shape index (κ1) is 28.4. The van der Waals surface area contributed by atoms with Gasteiger partial charge in [0.25, 0.3) is 0 Å². The molecule has 0 fully saturated rings. The van der Waals surface area contributed by atoms with E-state index in [4.69, 9.17) is 0 Å². The Morgan fingerprint density at radius 1 is 0.426 bits per heavy atom. The van der Waals surface area contributed by atoms with Gasteiger partial charge in [-0.05, 0) is 92.9 Å². The Labute approximate surface area is 280 Å². The molecule has 0 saturated carbocycles. The lowest BCUT2D eigenvalue weighted by atomic mass is 9.53. The quantitative estimate of drug-likeness (QED) is 0.151. The van der Waals surface area contributed by atoms with Crippen molar-refractivity contribution in [3.05, 3.63) is 175 Å². The summed E-state index contributed by atoms with van der Waals surface area (Å²) in [6.45, 7) is 13.6. The van der Waals surface area contributed by atoms with Gasteiger partial charge in [0, 0.05) is 46.6 Å². The molecule has 0 saturated heterocycles. The highest BCUT2D eigenvalue weighted by molar-refractivity contribution is 5.82. The van der Waals surface area contributed by atoms with Gasteiger partial charge in [0.2, 0.25) is 0 Å². The molecule has 6 aliphatic rings. The van der Waals surface area contributed by atoms with Gasteiger partial charge in [0.1, 0.15) is 0 Å². The van der Waals surface area contributed by atoms with Crippen molar-refractivity contribution in [3.8, 4) is 23.7 Å². The predicted molar refractivity (Wildman–Crippen MR) is 193 cm³/mol. The fourth-order valence-electron chi connectivity index (χ4n) is 9.01. The summed E-state index contributed by atoms with van der Waals surface area (Å²) >= 11 is 0. The lowest BCUT2D eigenvalue weighted by molar-refractivity contribution is 0.428. The van der Waals surface area contributed by atoms with E-state index in [1.54, 1.807) is 0 Å². The van der Waals surface area contributed by atoms with E-state index in [9.17, 15) is 0 Å². The fraction of sp³-hybridized carbons (Fsp3) is 0.277. The molecule has 0 heteroatoms. The summed E-state index contributed by atoms with van der Waals surface area (Å²) in [5.41, 5.74) is 19.6. The van der Waals surface area contributed by atoms with Crippen LogP contribution in [0.25, 0.3) is 0 Å². The van der Waals surface area contributed by atoms with Crippen molar-refractivity contribution >= 4 is 0 Å². The summed E-state index contributed by atoms with van der Waals surface area (Å²) in [7, 11) is 0. The van der Waals surface area contributed by atoms with Crippen molar-refractivity contribution in [3.63, 3.8) is 0 Å². The fourth-order valence-corrected chi connectivity index (χ4v) is 9.01. The minimum Gasteiger partial charge on any atom is -0.0973 e. The first-order valence-electron chi connectivity index (χ1n) is 17.2. The van der Waals surface area contributed by atoms with E-state index in [0.29, 0.717) is 0 Å². The predicted octanol–water partition coefficient (Wildman–Crippen LogP) is 10.8. The number of hydrogen-bond acceptors (Lipinski definition) is 0. The molecule has 0 radical (unpaired) electrons. The molecular formula is C47H40. The third-order valence-electron chi connectivity index (χ3n) is 10.7. The Bertz CT molecular complexity index is 2050. The third-order valence-corrected chi connectivity index (χ3v) is 10.7. The molecule has 0 spiro atoms. The maximum atomic E-state index is 3.95. The molecule has 4 bridgehead atoms. The van der Waals surface area contributed by atoms with Crippen LogP contribution >= 0.6 is 0 Å². The molecule has 0 unspecified atom stereocenters. The van der Waals surface area contributed by atoms with Gasteiger partial charge in [-0.3, -0.25) is 0 Å². The summed E-state index contributed by atoms with van der Waals surface area (Å²) in [5.74, 6) is 15.9. The van der Waals surface area contributed by atoms with E-state index in [1.165, 1.54) is 77.9 Å². The Morgan fingerprint density at radius 2 is 0.702 bits per heavy atom. The average molecular weight is 605 g/mol. The molecule has 5 aromatic carbocycles. The summed E-state index contributed by atoms with van der Waals surface area (Å²) in [6.07, 6.45) is 0.852. The van der Waals surface area contributed by atoms with Gasteiger partial charge in [-0.2, -0.15) is 0 Å². The first-order chi connectivity index (χ1) is 22.6.